The fraction of sp³-hybridized carbons (Fsp3) is 0. The molecule has 0 nitrogen and oxygen atoms in total. The van der Waals surface area contributed by atoms with Gasteiger partial charge in [0.15, 0.2) is 6.08 Å². The summed E-state index contributed by atoms with van der Waals surface area (Å²) in [6.07, 6.45) is 3.83. The molecular weight excluding hydrogens is 171 g/mol. The van der Waals surface area contributed by atoms with Gasteiger partial charge in [0.05, 0.1) is 17.8 Å². The number of hydrogen-bond acceptors (Lipinski definition) is 1. The number of halogens is 1. The lowest BCUT2D eigenvalue weighted by Crippen LogP contribution is -1.78. The van der Waals surface area contributed by atoms with Crippen LogP contribution in [0, 0.1) is 11.2 Å². The molecule has 2 rings (SSSR count). The summed E-state index contributed by atoms with van der Waals surface area (Å²) in [6, 6.07) is 6.48. The van der Waals surface area contributed by atoms with Crippen molar-refractivity contribution < 1.29 is 4.39 Å². The third-order valence-electron chi connectivity index (χ3n) is 1.60. The summed E-state index contributed by atoms with van der Waals surface area (Å²) in [5.74, 6) is -0.195. The monoisotopic (exact) mass is 177 g/mol. The Balaban J connectivity index is 2.30. The minimum atomic E-state index is -0.195. The zero-order chi connectivity index (χ0) is 8.39. The zero-order valence-corrected chi connectivity index (χ0v) is 7.07. The Morgan fingerprint density at radius 2 is 1.92 bits per heavy atom. The van der Waals surface area contributed by atoms with Gasteiger partial charge >= 0.3 is 0 Å². The van der Waals surface area contributed by atoms with E-state index in [-0.39, 0.29) is 5.82 Å². The Morgan fingerprint density at radius 1 is 1.17 bits per heavy atom. The molecule has 0 radical (unpaired) electrons. The predicted molar refractivity (Wildman–Crippen MR) is 49.8 cm³/mol. The first-order valence-corrected chi connectivity index (χ1v) is 4.40. The lowest BCUT2D eigenvalue weighted by molar-refractivity contribution is 0.628. The van der Waals surface area contributed by atoms with Gasteiger partial charge in [-0.05, 0) is 24.3 Å². The van der Waals surface area contributed by atoms with Gasteiger partial charge in [0.1, 0.15) is 16.1 Å². The van der Waals surface area contributed by atoms with E-state index in [1.807, 2.05) is 12.2 Å². The molecule has 1 aliphatic heterocycles. The van der Waals surface area contributed by atoms with E-state index in [1.54, 1.807) is 12.1 Å². The Labute approximate surface area is 74.8 Å². The Hall–Kier alpha value is -1.11. The maximum absolute atomic E-state index is 12.5. The van der Waals surface area contributed by atoms with Crippen molar-refractivity contribution in [1.82, 2.24) is 0 Å². The molecule has 1 aromatic carbocycles. The van der Waals surface area contributed by atoms with E-state index in [2.05, 4.69) is 5.41 Å². The summed E-state index contributed by atoms with van der Waals surface area (Å²) in [6.45, 7) is 0. The first-order chi connectivity index (χ1) is 5.86. The third-order valence-corrected chi connectivity index (χ3v) is 2.45. The maximum atomic E-state index is 12.5. The second kappa shape index (κ2) is 3.10. The van der Waals surface area contributed by atoms with Crippen LogP contribution in [0.1, 0.15) is 5.56 Å². The van der Waals surface area contributed by atoms with E-state index >= 15 is 0 Å². The summed E-state index contributed by atoms with van der Waals surface area (Å²) in [7, 11) is 0. The van der Waals surface area contributed by atoms with Crippen LogP contribution < -0.4 is 0 Å². The molecule has 2 heteroatoms. The van der Waals surface area contributed by atoms with E-state index in [4.69, 9.17) is 0 Å². The summed E-state index contributed by atoms with van der Waals surface area (Å²) in [5, 5.41) is 2.99. The van der Waals surface area contributed by atoms with Crippen molar-refractivity contribution in [2.75, 3.05) is 0 Å². The second-order valence-corrected chi connectivity index (χ2v) is 3.30. The highest BCUT2D eigenvalue weighted by molar-refractivity contribution is 8.10. The molecule has 0 aliphatic carbocycles. The molecule has 0 saturated carbocycles. The van der Waals surface area contributed by atoms with Crippen molar-refractivity contribution >= 4 is 16.7 Å². The molecule has 12 heavy (non-hydrogen) atoms. The molecule has 1 aliphatic rings. The molecule has 0 atom stereocenters. The van der Waals surface area contributed by atoms with Crippen molar-refractivity contribution in [3.05, 3.63) is 53.2 Å². The van der Waals surface area contributed by atoms with Gasteiger partial charge in [-0.15, -0.1) is 0 Å². The average Bonchev–Trinajstić information content (AvgIpc) is 2.58. The SMILES string of the molecule is Fc1ccc(C2=CC=[C+]S2)cc1. The van der Waals surface area contributed by atoms with Gasteiger partial charge in [0.2, 0.25) is 0 Å². The van der Waals surface area contributed by atoms with Crippen LogP contribution in [0.3, 0.4) is 0 Å². The van der Waals surface area contributed by atoms with Gasteiger partial charge in [-0.2, -0.15) is 0 Å². The van der Waals surface area contributed by atoms with Crippen molar-refractivity contribution in [2.24, 2.45) is 0 Å². The van der Waals surface area contributed by atoms with Crippen LogP contribution in [0.5, 0.6) is 0 Å². The normalized spacial score (nSPS) is 14.2. The van der Waals surface area contributed by atoms with E-state index in [0.29, 0.717) is 0 Å². The largest absolute Gasteiger partial charge is 0.207 e. The second-order valence-electron chi connectivity index (χ2n) is 2.42. The fourth-order valence-electron chi connectivity index (χ4n) is 1.01. The molecule has 0 unspecified atom stereocenters. The molecule has 0 bridgehead atoms. The summed E-state index contributed by atoms with van der Waals surface area (Å²) in [5.41, 5.74) is 1.04. The van der Waals surface area contributed by atoms with Crippen molar-refractivity contribution in [3.8, 4) is 0 Å². The molecule has 1 aromatic rings. The van der Waals surface area contributed by atoms with Crippen LogP contribution in [0.15, 0.2) is 36.4 Å². The zero-order valence-electron chi connectivity index (χ0n) is 6.25. The first kappa shape index (κ1) is 7.53. The molecule has 58 valence electrons. The highest BCUT2D eigenvalue weighted by Crippen LogP contribution is 2.31. The third kappa shape index (κ3) is 1.40. The van der Waals surface area contributed by atoms with Gasteiger partial charge in [-0.3, -0.25) is 0 Å². The molecule has 0 aromatic heterocycles. The summed E-state index contributed by atoms with van der Waals surface area (Å²) < 4.78 is 12.5. The van der Waals surface area contributed by atoms with Crippen LogP contribution in [-0.4, -0.2) is 0 Å². The van der Waals surface area contributed by atoms with Crippen LogP contribution in [-0.2, 0) is 0 Å². The fourth-order valence-corrected chi connectivity index (χ4v) is 1.66. The maximum Gasteiger partial charge on any atom is 0.169 e. The van der Waals surface area contributed by atoms with E-state index < -0.39 is 0 Å². The number of rotatable bonds is 1. The number of hydrogen-bond donors (Lipinski definition) is 0. The first-order valence-electron chi connectivity index (χ1n) is 3.58. The molecule has 0 spiro atoms. The van der Waals surface area contributed by atoms with Crippen LogP contribution in [0.4, 0.5) is 4.39 Å². The van der Waals surface area contributed by atoms with E-state index in [1.165, 1.54) is 23.9 Å². The average molecular weight is 177 g/mol. The van der Waals surface area contributed by atoms with Gasteiger partial charge in [-0.1, -0.05) is 0 Å². The standard InChI is InChI=1S/C10H6FS/c11-9-5-3-8(4-6-9)10-2-1-7-12-10/h1-6H/q+1. The minimum Gasteiger partial charge on any atom is -0.207 e. The van der Waals surface area contributed by atoms with Crippen molar-refractivity contribution in [1.29, 1.82) is 0 Å². The molecule has 1 heterocycles. The molecular formula is C10H6FS+. The lowest BCUT2D eigenvalue weighted by atomic mass is 10.2. The Kier molecular flexibility index (Phi) is 1.94. The van der Waals surface area contributed by atoms with Gasteiger partial charge in [-0.25, -0.2) is 4.39 Å². The Morgan fingerprint density at radius 3 is 2.50 bits per heavy atom. The number of thioether (sulfide) groups is 1. The smallest absolute Gasteiger partial charge is 0.169 e. The summed E-state index contributed by atoms with van der Waals surface area (Å²) in [4.78, 5) is 1.12. The molecule has 0 amide bonds. The summed E-state index contributed by atoms with van der Waals surface area (Å²) >= 11 is 1.53. The number of benzene rings is 1. The van der Waals surface area contributed by atoms with Crippen LogP contribution in [0.25, 0.3) is 4.91 Å². The van der Waals surface area contributed by atoms with E-state index in [9.17, 15) is 4.39 Å². The van der Waals surface area contributed by atoms with Gasteiger partial charge in [0, 0.05) is 5.56 Å². The highest BCUT2D eigenvalue weighted by Gasteiger charge is 2.12. The quantitative estimate of drug-likeness (QED) is 0.593. The minimum absolute atomic E-state index is 0.195. The van der Waals surface area contributed by atoms with Crippen molar-refractivity contribution in [2.45, 2.75) is 0 Å². The van der Waals surface area contributed by atoms with Gasteiger partial charge in [0.25, 0.3) is 0 Å². The van der Waals surface area contributed by atoms with E-state index in [0.717, 1.165) is 10.5 Å². The molecule has 0 saturated heterocycles. The Bertz CT molecular complexity index is 335. The van der Waals surface area contributed by atoms with Crippen molar-refractivity contribution in [3.63, 3.8) is 0 Å². The van der Waals surface area contributed by atoms with Gasteiger partial charge < -0.3 is 0 Å². The van der Waals surface area contributed by atoms with Crippen LogP contribution in [0.2, 0.25) is 0 Å². The number of allylic oxidation sites excluding steroid dienone is 2. The molecule has 0 N–H and O–H groups in total. The highest BCUT2D eigenvalue weighted by atomic mass is 32.2. The predicted octanol–water partition coefficient (Wildman–Crippen LogP) is 3.23. The molecule has 0 fully saturated rings. The topological polar surface area (TPSA) is 0 Å². The van der Waals surface area contributed by atoms with Crippen LogP contribution >= 0.6 is 11.8 Å². The lowest BCUT2D eigenvalue weighted by Gasteiger charge is -1.93.